The van der Waals surface area contributed by atoms with Crippen LogP contribution in [0.25, 0.3) is 10.9 Å². The van der Waals surface area contributed by atoms with Gasteiger partial charge in [-0.05, 0) is 30.3 Å². The SMILES string of the molecule is O=C(NCc1cc(C(F)(F)F)ccn1)Nc1cc(Cl)c2cc[nH]c2c1. The summed E-state index contributed by atoms with van der Waals surface area (Å²) in [6, 6.07) is 6.27. The molecule has 3 N–H and O–H groups in total. The molecule has 0 fully saturated rings. The Bertz CT molecular complexity index is 923. The topological polar surface area (TPSA) is 69.8 Å². The van der Waals surface area contributed by atoms with Crippen molar-refractivity contribution < 1.29 is 18.0 Å². The average molecular weight is 369 g/mol. The van der Waals surface area contributed by atoms with Crippen molar-refractivity contribution in [1.82, 2.24) is 15.3 Å². The normalized spacial score (nSPS) is 11.5. The fraction of sp³-hybridized carbons (Fsp3) is 0.125. The van der Waals surface area contributed by atoms with Crippen LogP contribution in [0.1, 0.15) is 11.3 Å². The number of aromatic nitrogens is 2. The van der Waals surface area contributed by atoms with Crippen LogP contribution in [0.2, 0.25) is 5.02 Å². The number of pyridine rings is 1. The first kappa shape index (κ1) is 17.1. The third kappa shape index (κ3) is 4.03. The van der Waals surface area contributed by atoms with Crippen LogP contribution in [-0.4, -0.2) is 16.0 Å². The second-order valence-electron chi connectivity index (χ2n) is 5.24. The van der Waals surface area contributed by atoms with Crippen LogP contribution in [0.3, 0.4) is 0 Å². The molecule has 9 heteroatoms. The van der Waals surface area contributed by atoms with Gasteiger partial charge < -0.3 is 15.6 Å². The van der Waals surface area contributed by atoms with E-state index in [4.69, 9.17) is 11.6 Å². The summed E-state index contributed by atoms with van der Waals surface area (Å²) in [5.41, 5.74) is 0.489. The molecule has 3 aromatic rings. The number of amides is 2. The van der Waals surface area contributed by atoms with Crippen LogP contribution in [0, 0.1) is 0 Å². The van der Waals surface area contributed by atoms with Gasteiger partial charge in [0.2, 0.25) is 0 Å². The number of alkyl halides is 3. The van der Waals surface area contributed by atoms with Crippen molar-refractivity contribution >= 4 is 34.2 Å². The van der Waals surface area contributed by atoms with E-state index in [2.05, 4.69) is 20.6 Å². The van der Waals surface area contributed by atoms with E-state index in [0.29, 0.717) is 10.7 Å². The molecule has 0 atom stereocenters. The van der Waals surface area contributed by atoms with Crippen LogP contribution < -0.4 is 10.6 Å². The molecule has 0 aliphatic heterocycles. The average Bonchev–Trinajstić information content (AvgIpc) is 3.01. The summed E-state index contributed by atoms with van der Waals surface area (Å²) in [6.07, 6.45) is -1.68. The number of anilines is 1. The maximum atomic E-state index is 12.7. The van der Waals surface area contributed by atoms with Gasteiger partial charge in [-0.1, -0.05) is 11.6 Å². The number of halogens is 4. The second kappa shape index (κ2) is 6.64. The van der Waals surface area contributed by atoms with Gasteiger partial charge in [-0.25, -0.2) is 4.79 Å². The van der Waals surface area contributed by atoms with Gasteiger partial charge in [0, 0.05) is 29.0 Å². The summed E-state index contributed by atoms with van der Waals surface area (Å²) >= 11 is 6.11. The predicted molar refractivity (Wildman–Crippen MR) is 88.4 cm³/mol. The first-order chi connectivity index (χ1) is 11.8. The number of hydrogen-bond acceptors (Lipinski definition) is 2. The van der Waals surface area contributed by atoms with E-state index < -0.39 is 17.8 Å². The summed E-state index contributed by atoms with van der Waals surface area (Å²) in [7, 11) is 0. The number of benzene rings is 1. The van der Waals surface area contributed by atoms with Gasteiger partial charge >= 0.3 is 12.2 Å². The molecule has 2 aromatic heterocycles. The molecule has 1 aromatic carbocycles. The van der Waals surface area contributed by atoms with E-state index in [1.807, 2.05) is 0 Å². The van der Waals surface area contributed by atoms with Crippen molar-refractivity contribution in [3.05, 3.63) is 59.0 Å². The third-order valence-corrected chi connectivity index (χ3v) is 3.76. The van der Waals surface area contributed by atoms with E-state index in [-0.39, 0.29) is 12.2 Å². The number of H-pyrrole nitrogens is 1. The van der Waals surface area contributed by atoms with Crippen molar-refractivity contribution in [3.8, 4) is 0 Å². The minimum atomic E-state index is -4.46. The van der Waals surface area contributed by atoms with E-state index in [1.165, 1.54) is 0 Å². The Morgan fingerprint density at radius 1 is 1.24 bits per heavy atom. The van der Waals surface area contributed by atoms with Gasteiger partial charge in [-0.3, -0.25) is 4.98 Å². The zero-order chi connectivity index (χ0) is 18.0. The first-order valence-corrected chi connectivity index (χ1v) is 7.54. The Labute approximate surface area is 145 Å². The molecule has 0 aliphatic rings. The Hall–Kier alpha value is -2.74. The number of fused-ring (bicyclic) bond motifs is 1. The lowest BCUT2D eigenvalue weighted by atomic mass is 10.2. The van der Waals surface area contributed by atoms with Crippen LogP contribution in [-0.2, 0) is 12.7 Å². The van der Waals surface area contributed by atoms with Crippen molar-refractivity contribution in [2.24, 2.45) is 0 Å². The Balaban J connectivity index is 1.64. The van der Waals surface area contributed by atoms with Gasteiger partial charge in [0.15, 0.2) is 0 Å². The first-order valence-electron chi connectivity index (χ1n) is 7.16. The zero-order valence-corrected chi connectivity index (χ0v) is 13.4. The molecule has 0 spiro atoms. The second-order valence-corrected chi connectivity index (χ2v) is 5.65. The Morgan fingerprint density at radius 2 is 2.04 bits per heavy atom. The van der Waals surface area contributed by atoms with Crippen LogP contribution >= 0.6 is 11.6 Å². The predicted octanol–water partition coefficient (Wildman–Crippen LogP) is 4.56. The van der Waals surface area contributed by atoms with Crippen LogP contribution in [0.4, 0.5) is 23.7 Å². The van der Waals surface area contributed by atoms with E-state index in [9.17, 15) is 18.0 Å². The highest BCUT2D eigenvalue weighted by atomic mass is 35.5. The minimum absolute atomic E-state index is 0.0998. The molecule has 0 radical (unpaired) electrons. The highest BCUT2D eigenvalue weighted by Crippen LogP contribution is 2.29. The van der Waals surface area contributed by atoms with E-state index >= 15 is 0 Å². The monoisotopic (exact) mass is 368 g/mol. The lowest BCUT2D eigenvalue weighted by molar-refractivity contribution is -0.137. The van der Waals surface area contributed by atoms with Crippen molar-refractivity contribution in [1.29, 1.82) is 0 Å². The standard InChI is InChI=1S/C16H12ClF3N4O/c17-13-6-10(7-14-12(13)2-4-22-14)24-15(25)23-8-11-5-9(1-3-21-11)16(18,19)20/h1-7,22H,8H2,(H2,23,24,25). The van der Waals surface area contributed by atoms with Gasteiger partial charge in [-0.15, -0.1) is 0 Å². The molecule has 25 heavy (non-hydrogen) atoms. The minimum Gasteiger partial charge on any atom is -0.361 e. The number of urea groups is 1. The summed E-state index contributed by atoms with van der Waals surface area (Å²) in [6.45, 7) is -0.145. The molecule has 5 nitrogen and oxygen atoms in total. The molecule has 0 aliphatic carbocycles. The zero-order valence-electron chi connectivity index (χ0n) is 12.6. The molecular weight excluding hydrogens is 357 g/mol. The van der Waals surface area contributed by atoms with Crippen molar-refractivity contribution in [2.45, 2.75) is 12.7 Å². The maximum Gasteiger partial charge on any atom is 0.416 e. The molecule has 2 heterocycles. The van der Waals surface area contributed by atoms with E-state index in [0.717, 1.165) is 29.2 Å². The van der Waals surface area contributed by atoms with Gasteiger partial charge in [-0.2, -0.15) is 13.2 Å². The quantitative estimate of drug-likeness (QED) is 0.634. The molecule has 2 amide bonds. The molecule has 3 rings (SSSR count). The number of aromatic amines is 1. The highest BCUT2D eigenvalue weighted by Gasteiger charge is 2.30. The number of hydrogen-bond donors (Lipinski definition) is 3. The fourth-order valence-corrected chi connectivity index (χ4v) is 2.57. The van der Waals surface area contributed by atoms with Crippen LogP contribution in [0.5, 0.6) is 0 Å². The van der Waals surface area contributed by atoms with Gasteiger partial charge in [0.25, 0.3) is 0 Å². The summed E-state index contributed by atoms with van der Waals surface area (Å²) in [5, 5.41) is 6.32. The molecular formula is C16H12ClF3N4O. The number of rotatable bonds is 3. The molecule has 0 saturated heterocycles. The molecule has 0 saturated carbocycles. The van der Waals surface area contributed by atoms with Crippen LogP contribution in [0.15, 0.2) is 42.7 Å². The lowest BCUT2D eigenvalue weighted by Crippen LogP contribution is -2.28. The molecule has 0 bridgehead atoms. The molecule has 0 unspecified atom stereocenters. The van der Waals surface area contributed by atoms with Gasteiger partial charge in [0.1, 0.15) is 0 Å². The lowest BCUT2D eigenvalue weighted by Gasteiger charge is -2.10. The maximum absolute atomic E-state index is 12.7. The number of nitrogens with zero attached hydrogens (tertiary/aromatic N) is 1. The Kier molecular flexibility index (Phi) is 4.54. The number of carbonyl (C=O) groups is 1. The summed E-state index contributed by atoms with van der Waals surface area (Å²) in [4.78, 5) is 18.7. The van der Waals surface area contributed by atoms with Crippen molar-refractivity contribution in [2.75, 3.05) is 5.32 Å². The number of nitrogens with one attached hydrogen (secondary N) is 3. The fourth-order valence-electron chi connectivity index (χ4n) is 2.29. The Morgan fingerprint density at radius 3 is 2.80 bits per heavy atom. The summed E-state index contributed by atoms with van der Waals surface area (Å²) < 4.78 is 38.0. The third-order valence-electron chi connectivity index (χ3n) is 3.45. The smallest absolute Gasteiger partial charge is 0.361 e. The number of carbonyl (C=O) groups excluding carboxylic acids is 1. The highest BCUT2D eigenvalue weighted by molar-refractivity contribution is 6.35. The van der Waals surface area contributed by atoms with E-state index in [1.54, 1.807) is 24.4 Å². The largest absolute Gasteiger partial charge is 0.416 e. The molecule has 130 valence electrons. The van der Waals surface area contributed by atoms with Crippen molar-refractivity contribution in [3.63, 3.8) is 0 Å². The van der Waals surface area contributed by atoms with Gasteiger partial charge in [0.05, 0.1) is 22.8 Å². The summed E-state index contributed by atoms with van der Waals surface area (Å²) in [5.74, 6) is 0.